The molecule has 2 aliphatic heterocycles. The van der Waals surface area contributed by atoms with E-state index in [2.05, 4.69) is 20.0 Å². The molecule has 13 nitrogen and oxygen atoms in total. The van der Waals surface area contributed by atoms with Crippen molar-refractivity contribution in [2.45, 2.75) is 24.7 Å². The minimum absolute atomic E-state index is 0.0414. The number of nitrogens with two attached hydrogens (primary N) is 1. The van der Waals surface area contributed by atoms with E-state index in [1.807, 2.05) is 14.0 Å². The SMILES string of the molecule is CCCc1nn(C)c2c(=O)[nH]c(-c3cc(S(=O)(=O)N4CCN(C)CC4)cc4c3OCN4C(N)=O)nc12. The largest absolute Gasteiger partial charge is 0.470 e. The Morgan fingerprint density at radius 2 is 1.92 bits per heavy atom. The number of piperazine rings is 1. The summed E-state index contributed by atoms with van der Waals surface area (Å²) in [6.45, 7) is 3.67. The van der Waals surface area contributed by atoms with E-state index in [0.29, 0.717) is 49.3 Å². The van der Waals surface area contributed by atoms with Crippen molar-refractivity contribution in [3.8, 4) is 17.1 Å². The fourth-order valence-electron chi connectivity index (χ4n) is 4.60. The second kappa shape index (κ2) is 8.87. The number of carbonyl (C=O) groups excluding carboxylic acids is 1. The number of ether oxygens (including phenoxy) is 1. The van der Waals surface area contributed by atoms with Crippen molar-refractivity contribution < 1.29 is 17.9 Å². The Morgan fingerprint density at radius 1 is 1.19 bits per heavy atom. The predicted molar refractivity (Wildman–Crippen MR) is 132 cm³/mol. The third-order valence-electron chi connectivity index (χ3n) is 6.54. The van der Waals surface area contributed by atoms with Crippen LogP contribution in [0.5, 0.6) is 5.75 Å². The summed E-state index contributed by atoms with van der Waals surface area (Å²) >= 11 is 0. The van der Waals surface area contributed by atoms with Gasteiger partial charge in [-0.05, 0) is 25.6 Å². The second-order valence-electron chi connectivity index (χ2n) is 9.00. The number of anilines is 1. The molecule has 1 aromatic carbocycles. The fraction of sp³-hybridized carbons (Fsp3) is 0.455. The quantitative estimate of drug-likeness (QED) is 0.494. The maximum absolute atomic E-state index is 13.6. The number of likely N-dealkylation sites (N-methyl/N-ethyl adjacent to an activating group) is 1. The van der Waals surface area contributed by atoms with Gasteiger partial charge in [-0.2, -0.15) is 9.40 Å². The summed E-state index contributed by atoms with van der Waals surface area (Å²) in [6, 6.07) is 2.02. The van der Waals surface area contributed by atoms with E-state index in [0.717, 1.165) is 11.3 Å². The first kappa shape index (κ1) is 24.2. The number of carbonyl (C=O) groups is 1. The van der Waals surface area contributed by atoms with E-state index in [9.17, 15) is 18.0 Å². The monoisotopic (exact) mass is 516 g/mol. The highest BCUT2D eigenvalue weighted by molar-refractivity contribution is 7.89. The average molecular weight is 517 g/mol. The van der Waals surface area contributed by atoms with Crippen molar-refractivity contribution in [3.63, 3.8) is 0 Å². The van der Waals surface area contributed by atoms with Gasteiger partial charge in [0.25, 0.3) is 5.56 Å². The lowest BCUT2D eigenvalue weighted by atomic mass is 10.1. The lowest BCUT2D eigenvalue weighted by molar-refractivity contribution is 0.222. The number of aryl methyl sites for hydroxylation is 2. The molecule has 2 aromatic heterocycles. The van der Waals surface area contributed by atoms with E-state index in [-0.39, 0.29) is 34.5 Å². The number of aromatic amines is 1. The lowest BCUT2D eigenvalue weighted by Crippen LogP contribution is -2.47. The van der Waals surface area contributed by atoms with Gasteiger partial charge in [0.1, 0.15) is 11.3 Å². The molecular weight excluding hydrogens is 488 g/mol. The van der Waals surface area contributed by atoms with E-state index in [4.69, 9.17) is 10.5 Å². The number of rotatable bonds is 5. The molecule has 0 aliphatic carbocycles. The number of fused-ring (bicyclic) bond motifs is 2. The van der Waals surface area contributed by atoms with Gasteiger partial charge in [0.2, 0.25) is 10.0 Å². The molecule has 3 N–H and O–H groups in total. The van der Waals surface area contributed by atoms with E-state index in [1.165, 1.54) is 21.1 Å². The van der Waals surface area contributed by atoms with Crippen LogP contribution < -0.4 is 20.9 Å². The summed E-state index contributed by atoms with van der Waals surface area (Å²) in [5.74, 6) is 0.338. The van der Waals surface area contributed by atoms with Crippen LogP contribution in [0.1, 0.15) is 19.0 Å². The Bertz CT molecular complexity index is 1520. The molecule has 1 fully saturated rings. The smallest absolute Gasteiger partial charge is 0.322 e. The first-order valence-corrected chi connectivity index (χ1v) is 13.1. The normalized spacial score (nSPS) is 16.9. The number of H-pyrrole nitrogens is 1. The molecule has 1 saturated heterocycles. The summed E-state index contributed by atoms with van der Waals surface area (Å²) in [5, 5.41) is 4.43. The van der Waals surface area contributed by atoms with Gasteiger partial charge in [-0.3, -0.25) is 14.4 Å². The Labute approximate surface area is 207 Å². The van der Waals surface area contributed by atoms with Crippen molar-refractivity contribution in [2.24, 2.45) is 12.8 Å². The molecular formula is C22H28N8O5S. The molecule has 0 spiro atoms. The first-order valence-electron chi connectivity index (χ1n) is 11.6. The number of aromatic nitrogens is 4. The second-order valence-corrected chi connectivity index (χ2v) is 10.9. The molecule has 4 heterocycles. The topological polar surface area (TPSA) is 160 Å². The van der Waals surface area contributed by atoms with Gasteiger partial charge in [-0.15, -0.1) is 0 Å². The van der Waals surface area contributed by atoms with Gasteiger partial charge < -0.3 is 20.4 Å². The highest BCUT2D eigenvalue weighted by Gasteiger charge is 2.34. The first-order chi connectivity index (χ1) is 17.1. The molecule has 14 heteroatoms. The van der Waals surface area contributed by atoms with Crippen LogP contribution in [0.15, 0.2) is 21.8 Å². The maximum atomic E-state index is 13.6. The van der Waals surface area contributed by atoms with Gasteiger partial charge in [0.05, 0.1) is 21.8 Å². The summed E-state index contributed by atoms with van der Waals surface area (Å²) in [5.41, 5.74) is 6.98. The number of nitrogens with zero attached hydrogens (tertiary/aromatic N) is 6. The standard InChI is InChI=1S/C22H28N8O5S/c1-4-5-15-17-18(28(3)26-15)21(31)25-20(24-17)14-10-13(11-16-19(14)35-12-30(16)22(23)32)36(33,34)29-8-6-27(2)7-9-29/h10-11H,4-9,12H2,1-3H3,(H2,23,32)(H,24,25,31). The van der Waals surface area contributed by atoms with Gasteiger partial charge in [0.15, 0.2) is 18.0 Å². The Morgan fingerprint density at radius 3 is 2.58 bits per heavy atom. The molecule has 0 bridgehead atoms. The zero-order chi connectivity index (χ0) is 25.8. The number of hydrogen-bond donors (Lipinski definition) is 2. The van der Waals surface area contributed by atoms with Crippen LogP contribution in [0.25, 0.3) is 22.4 Å². The van der Waals surface area contributed by atoms with Crippen molar-refractivity contribution in [2.75, 3.05) is 44.9 Å². The summed E-state index contributed by atoms with van der Waals surface area (Å²) < 4.78 is 35.8. The highest BCUT2D eigenvalue weighted by Crippen LogP contribution is 2.44. The molecule has 192 valence electrons. The molecule has 5 rings (SSSR count). The summed E-state index contributed by atoms with van der Waals surface area (Å²) in [4.78, 5) is 35.7. The Balaban J connectivity index is 1.72. The molecule has 3 aromatic rings. The number of nitrogens with one attached hydrogen (secondary N) is 1. The van der Waals surface area contributed by atoms with Crippen molar-refractivity contribution in [1.29, 1.82) is 0 Å². The minimum Gasteiger partial charge on any atom is -0.470 e. The fourth-order valence-corrected chi connectivity index (χ4v) is 6.07. The van der Waals surface area contributed by atoms with Crippen LogP contribution in [0.2, 0.25) is 0 Å². The third-order valence-corrected chi connectivity index (χ3v) is 8.42. The van der Waals surface area contributed by atoms with E-state index < -0.39 is 21.6 Å². The summed E-state index contributed by atoms with van der Waals surface area (Å²) in [7, 11) is -0.309. The van der Waals surface area contributed by atoms with Crippen LogP contribution in [0.3, 0.4) is 0 Å². The van der Waals surface area contributed by atoms with Crippen LogP contribution in [-0.2, 0) is 23.5 Å². The zero-order valence-electron chi connectivity index (χ0n) is 20.3. The summed E-state index contributed by atoms with van der Waals surface area (Å²) in [6.07, 6.45) is 1.43. The van der Waals surface area contributed by atoms with Crippen LogP contribution in [0, 0.1) is 0 Å². The van der Waals surface area contributed by atoms with Gasteiger partial charge >= 0.3 is 6.03 Å². The van der Waals surface area contributed by atoms with Gasteiger partial charge in [-0.1, -0.05) is 13.3 Å². The molecule has 0 atom stereocenters. The van der Waals surface area contributed by atoms with E-state index >= 15 is 0 Å². The number of benzene rings is 1. The number of hydrogen-bond acceptors (Lipinski definition) is 8. The van der Waals surface area contributed by atoms with Gasteiger partial charge in [0, 0.05) is 33.2 Å². The Kier molecular flexibility index (Phi) is 5.97. The van der Waals surface area contributed by atoms with E-state index in [1.54, 1.807) is 7.05 Å². The Hall–Kier alpha value is -3.49. The molecule has 2 aliphatic rings. The zero-order valence-corrected chi connectivity index (χ0v) is 21.1. The van der Waals surface area contributed by atoms with Gasteiger partial charge in [-0.25, -0.2) is 18.2 Å². The average Bonchev–Trinajstić information content (AvgIpc) is 3.40. The molecule has 36 heavy (non-hydrogen) atoms. The maximum Gasteiger partial charge on any atom is 0.322 e. The number of sulfonamides is 1. The molecule has 0 radical (unpaired) electrons. The van der Waals surface area contributed by atoms with Crippen LogP contribution in [-0.4, -0.2) is 83.4 Å². The highest BCUT2D eigenvalue weighted by atomic mass is 32.2. The number of primary amides is 1. The third kappa shape index (κ3) is 3.90. The molecule has 2 amide bonds. The van der Waals surface area contributed by atoms with Crippen molar-refractivity contribution in [1.82, 2.24) is 29.0 Å². The lowest BCUT2D eigenvalue weighted by Gasteiger charge is -2.31. The van der Waals surface area contributed by atoms with Crippen LogP contribution in [0.4, 0.5) is 10.5 Å². The number of amides is 2. The minimum atomic E-state index is -3.92. The molecule has 0 saturated carbocycles. The van der Waals surface area contributed by atoms with Crippen molar-refractivity contribution in [3.05, 3.63) is 28.2 Å². The molecule has 0 unspecified atom stereocenters. The number of urea groups is 1. The predicted octanol–water partition coefficient (Wildman–Crippen LogP) is 0.447. The van der Waals surface area contributed by atoms with Crippen LogP contribution >= 0.6 is 0 Å². The van der Waals surface area contributed by atoms with Crippen molar-refractivity contribution >= 4 is 32.8 Å².